The molecule has 1 amide bonds. The lowest BCUT2D eigenvalue weighted by molar-refractivity contribution is 0.0744. The molecular formula is C21H19Cl2N3O2. The predicted molar refractivity (Wildman–Crippen MR) is 110 cm³/mol. The van der Waals surface area contributed by atoms with E-state index in [1.165, 1.54) is 0 Å². The number of H-pyrrole nitrogens is 1. The van der Waals surface area contributed by atoms with Gasteiger partial charge in [-0.15, -0.1) is 0 Å². The number of nitrogens with zero attached hydrogens (tertiary/aromatic N) is 2. The molecule has 1 aliphatic heterocycles. The van der Waals surface area contributed by atoms with E-state index in [1.54, 1.807) is 13.2 Å². The molecule has 0 saturated carbocycles. The summed E-state index contributed by atoms with van der Waals surface area (Å²) in [6.07, 6.45) is 0.846. The number of carbonyl (C=O) groups excluding carboxylic acids is 1. The van der Waals surface area contributed by atoms with Crippen molar-refractivity contribution < 1.29 is 9.53 Å². The van der Waals surface area contributed by atoms with Crippen LogP contribution in [0.3, 0.4) is 0 Å². The van der Waals surface area contributed by atoms with E-state index in [9.17, 15) is 4.79 Å². The maximum absolute atomic E-state index is 13.0. The number of hydrogen-bond donors (Lipinski definition) is 1. The molecule has 5 nitrogen and oxygen atoms in total. The Morgan fingerprint density at radius 1 is 1.14 bits per heavy atom. The van der Waals surface area contributed by atoms with E-state index in [-0.39, 0.29) is 11.9 Å². The first-order chi connectivity index (χ1) is 13.5. The highest BCUT2D eigenvalue weighted by molar-refractivity contribution is 6.42. The smallest absolute Gasteiger partial charge is 0.273 e. The summed E-state index contributed by atoms with van der Waals surface area (Å²) in [6.45, 7) is 2.68. The molecule has 1 aliphatic rings. The monoisotopic (exact) mass is 415 g/mol. The van der Waals surface area contributed by atoms with Crippen molar-refractivity contribution in [2.24, 2.45) is 0 Å². The van der Waals surface area contributed by atoms with Crippen LogP contribution in [0.2, 0.25) is 10.0 Å². The van der Waals surface area contributed by atoms with Gasteiger partial charge >= 0.3 is 0 Å². The largest absolute Gasteiger partial charge is 0.497 e. The summed E-state index contributed by atoms with van der Waals surface area (Å²) in [6, 6.07) is 12.9. The summed E-state index contributed by atoms with van der Waals surface area (Å²) in [5.41, 5.74) is 3.96. The zero-order valence-electron chi connectivity index (χ0n) is 15.5. The van der Waals surface area contributed by atoms with Crippen LogP contribution in [0, 0.1) is 0 Å². The lowest BCUT2D eigenvalue weighted by atomic mass is 9.96. The maximum atomic E-state index is 13.0. The van der Waals surface area contributed by atoms with Crippen LogP contribution >= 0.6 is 23.2 Å². The third-order valence-corrected chi connectivity index (χ3v) is 5.69. The number of aromatic nitrogens is 2. The number of aromatic amines is 1. The molecule has 0 aliphatic carbocycles. The molecule has 2 aromatic carbocycles. The molecule has 1 atom stereocenters. The number of benzene rings is 2. The minimum atomic E-state index is -0.270. The Kier molecular flexibility index (Phi) is 5.04. The second kappa shape index (κ2) is 7.49. The molecule has 2 heterocycles. The predicted octanol–water partition coefficient (Wildman–Crippen LogP) is 5.35. The highest BCUT2D eigenvalue weighted by Crippen LogP contribution is 2.43. The number of amides is 1. The number of halogens is 2. The fourth-order valence-corrected chi connectivity index (χ4v) is 3.97. The van der Waals surface area contributed by atoms with Crippen LogP contribution in [-0.2, 0) is 0 Å². The third kappa shape index (κ3) is 3.05. The number of hydrogen-bond acceptors (Lipinski definition) is 3. The Labute approximate surface area is 173 Å². The SMILES string of the molecule is CCCN1C(=O)c2[nH]nc(-c3ccc(OC)cc3)c2C1c1ccc(Cl)c(Cl)c1. The summed E-state index contributed by atoms with van der Waals surface area (Å²) >= 11 is 12.4. The second-order valence-corrected chi connectivity index (χ2v) is 7.48. The number of rotatable bonds is 5. The van der Waals surface area contributed by atoms with Gasteiger partial charge < -0.3 is 9.64 Å². The summed E-state index contributed by atoms with van der Waals surface area (Å²) in [5.74, 6) is 0.709. The first-order valence-corrected chi connectivity index (χ1v) is 9.79. The van der Waals surface area contributed by atoms with Crippen molar-refractivity contribution in [3.63, 3.8) is 0 Å². The molecule has 4 rings (SSSR count). The number of carbonyl (C=O) groups is 1. The van der Waals surface area contributed by atoms with E-state index >= 15 is 0 Å². The molecule has 28 heavy (non-hydrogen) atoms. The van der Waals surface area contributed by atoms with E-state index in [4.69, 9.17) is 27.9 Å². The molecular weight excluding hydrogens is 397 g/mol. The van der Waals surface area contributed by atoms with Gasteiger partial charge in [0.15, 0.2) is 0 Å². The van der Waals surface area contributed by atoms with E-state index < -0.39 is 0 Å². The summed E-state index contributed by atoms with van der Waals surface area (Å²) in [7, 11) is 1.63. The van der Waals surface area contributed by atoms with E-state index in [0.29, 0.717) is 22.3 Å². The van der Waals surface area contributed by atoms with Crippen molar-refractivity contribution in [1.82, 2.24) is 15.1 Å². The van der Waals surface area contributed by atoms with Crippen molar-refractivity contribution >= 4 is 29.1 Å². The minimum Gasteiger partial charge on any atom is -0.497 e. The average molecular weight is 416 g/mol. The zero-order chi connectivity index (χ0) is 19.8. The molecule has 1 N–H and O–H groups in total. The van der Waals surface area contributed by atoms with Gasteiger partial charge in [0.05, 0.1) is 28.9 Å². The van der Waals surface area contributed by atoms with Gasteiger partial charge in [0.25, 0.3) is 5.91 Å². The van der Waals surface area contributed by atoms with Crippen LogP contribution in [0.5, 0.6) is 5.75 Å². The molecule has 0 fully saturated rings. The van der Waals surface area contributed by atoms with Gasteiger partial charge in [-0.05, 0) is 48.4 Å². The molecule has 0 radical (unpaired) electrons. The van der Waals surface area contributed by atoms with E-state index in [2.05, 4.69) is 17.1 Å². The Bertz CT molecular complexity index is 1030. The molecule has 0 spiro atoms. The van der Waals surface area contributed by atoms with Gasteiger partial charge in [-0.1, -0.05) is 36.2 Å². The van der Waals surface area contributed by atoms with Gasteiger partial charge in [0.1, 0.15) is 11.4 Å². The number of methoxy groups -OCH3 is 1. The van der Waals surface area contributed by atoms with E-state index in [1.807, 2.05) is 41.3 Å². The Balaban J connectivity index is 1.87. The number of ether oxygens (including phenoxy) is 1. The number of nitrogens with one attached hydrogen (secondary N) is 1. The molecule has 1 unspecified atom stereocenters. The molecule has 0 saturated heterocycles. The zero-order valence-corrected chi connectivity index (χ0v) is 17.0. The van der Waals surface area contributed by atoms with Crippen LogP contribution in [0.1, 0.15) is 41.0 Å². The second-order valence-electron chi connectivity index (χ2n) is 6.66. The maximum Gasteiger partial charge on any atom is 0.273 e. The molecule has 3 aromatic rings. The standard InChI is InChI=1S/C21H19Cl2N3O2/c1-3-10-26-20(13-6-9-15(22)16(23)11-13)17-18(24-25-19(17)21(26)27)12-4-7-14(28-2)8-5-12/h4-9,11,20H,3,10H2,1-2H3,(H,24,25). The number of fused-ring (bicyclic) bond motifs is 1. The van der Waals surface area contributed by atoms with Gasteiger partial charge in [-0.2, -0.15) is 5.10 Å². The van der Waals surface area contributed by atoms with Crippen LogP contribution in [-0.4, -0.2) is 34.7 Å². The van der Waals surface area contributed by atoms with Crippen LogP contribution in [0.4, 0.5) is 0 Å². The van der Waals surface area contributed by atoms with Gasteiger partial charge in [0.2, 0.25) is 0 Å². The van der Waals surface area contributed by atoms with Crippen molar-refractivity contribution in [1.29, 1.82) is 0 Å². The summed E-state index contributed by atoms with van der Waals surface area (Å²) in [5, 5.41) is 8.35. The highest BCUT2D eigenvalue weighted by atomic mass is 35.5. The molecule has 144 valence electrons. The Morgan fingerprint density at radius 2 is 1.89 bits per heavy atom. The quantitative estimate of drug-likeness (QED) is 0.610. The lowest BCUT2D eigenvalue weighted by Crippen LogP contribution is -2.30. The first kappa shape index (κ1) is 18.8. The Morgan fingerprint density at radius 3 is 2.54 bits per heavy atom. The molecule has 1 aromatic heterocycles. The van der Waals surface area contributed by atoms with Crippen molar-refractivity contribution in [2.45, 2.75) is 19.4 Å². The van der Waals surface area contributed by atoms with Crippen LogP contribution in [0.25, 0.3) is 11.3 Å². The lowest BCUT2D eigenvalue weighted by Gasteiger charge is -2.26. The van der Waals surface area contributed by atoms with Gasteiger partial charge in [-0.25, -0.2) is 0 Å². The van der Waals surface area contributed by atoms with Crippen LogP contribution < -0.4 is 4.74 Å². The fourth-order valence-electron chi connectivity index (χ4n) is 3.67. The van der Waals surface area contributed by atoms with E-state index in [0.717, 1.165) is 34.6 Å². The summed E-state index contributed by atoms with van der Waals surface area (Å²) in [4.78, 5) is 14.9. The van der Waals surface area contributed by atoms with Crippen molar-refractivity contribution in [3.05, 3.63) is 69.3 Å². The van der Waals surface area contributed by atoms with Gasteiger partial charge in [-0.3, -0.25) is 9.89 Å². The fraction of sp³-hybridized carbons (Fsp3) is 0.238. The Hall–Kier alpha value is -2.50. The topological polar surface area (TPSA) is 58.2 Å². The third-order valence-electron chi connectivity index (χ3n) is 4.95. The average Bonchev–Trinajstić information content (AvgIpc) is 3.24. The van der Waals surface area contributed by atoms with Crippen LogP contribution in [0.15, 0.2) is 42.5 Å². The van der Waals surface area contributed by atoms with Crippen molar-refractivity contribution in [2.75, 3.05) is 13.7 Å². The molecule has 0 bridgehead atoms. The van der Waals surface area contributed by atoms with Crippen molar-refractivity contribution in [3.8, 4) is 17.0 Å². The summed E-state index contributed by atoms with van der Waals surface area (Å²) < 4.78 is 5.24. The first-order valence-electron chi connectivity index (χ1n) is 9.03. The normalized spacial score (nSPS) is 15.8. The minimum absolute atomic E-state index is 0.0554. The highest BCUT2D eigenvalue weighted by Gasteiger charge is 2.41. The molecule has 7 heteroatoms. The van der Waals surface area contributed by atoms with Gasteiger partial charge in [0, 0.05) is 17.7 Å².